The molecule has 0 spiro atoms. The molecule has 0 unspecified atom stereocenters. The van der Waals surface area contributed by atoms with Crippen molar-refractivity contribution in [2.24, 2.45) is 0 Å². The Morgan fingerprint density at radius 2 is 1.69 bits per heavy atom. The van der Waals surface area contributed by atoms with Crippen molar-refractivity contribution in [3.63, 3.8) is 0 Å². The number of benzene rings is 1. The number of carbonyl (C=O) groups excluding carboxylic acids is 1. The number of ether oxygens (including phenoxy) is 1. The number of hydrogen-bond acceptors (Lipinski definition) is 4. The van der Waals surface area contributed by atoms with Gasteiger partial charge in [0.05, 0.1) is 0 Å². The van der Waals surface area contributed by atoms with Crippen LogP contribution in [0, 0.1) is 11.8 Å². The highest BCUT2D eigenvalue weighted by Gasteiger charge is 2.67. The minimum atomic E-state index is -3.75. The minimum absolute atomic E-state index is 0.0511. The van der Waals surface area contributed by atoms with Gasteiger partial charge in [-0.3, -0.25) is 0 Å². The van der Waals surface area contributed by atoms with E-state index in [1.807, 2.05) is 39.8 Å². The van der Waals surface area contributed by atoms with E-state index in [0.717, 1.165) is 0 Å². The third-order valence-corrected chi connectivity index (χ3v) is 9.85. The van der Waals surface area contributed by atoms with Gasteiger partial charge in [-0.2, -0.15) is 8.78 Å². The standard InChI is InChI=1S/C22H30F2O4Si/c1-19(2,3)27-17(25)13-14-21(26)16-12-10-9-11-15(16)18(22(21,23)24)28-29(7,8)20(4,5)6/h9-12,18,26H,1-8H3/t18-,21+/m1/s1. The van der Waals surface area contributed by atoms with E-state index in [-0.39, 0.29) is 16.2 Å². The molecule has 0 fully saturated rings. The number of halogens is 2. The molecule has 1 aliphatic carbocycles. The first-order valence-corrected chi connectivity index (χ1v) is 12.5. The van der Waals surface area contributed by atoms with Gasteiger partial charge in [0.15, 0.2) is 8.32 Å². The number of carbonyl (C=O) groups is 1. The van der Waals surface area contributed by atoms with Gasteiger partial charge >= 0.3 is 11.9 Å². The zero-order valence-electron chi connectivity index (χ0n) is 18.3. The molecule has 0 heterocycles. The molecular weight excluding hydrogens is 394 g/mol. The van der Waals surface area contributed by atoms with Crippen molar-refractivity contribution in [1.29, 1.82) is 0 Å². The Kier molecular flexibility index (Phi) is 5.83. The molecule has 29 heavy (non-hydrogen) atoms. The van der Waals surface area contributed by atoms with Gasteiger partial charge in [-0.1, -0.05) is 45.0 Å². The molecule has 4 nitrogen and oxygen atoms in total. The van der Waals surface area contributed by atoms with Crippen LogP contribution in [0.1, 0.15) is 58.8 Å². The quantitative estimate of drug-likeness (QED) is 0.317. The lowest BCUT2D eigenvalue weighted by atomic mass is 9.94. The summed E-state index contributed by atoms with van der Waals surface area (Å²) in [5.74, 6) is -0.583. The fraction of sp³-hybridized carbons (Fsp3) is 0.591. The lowest BCUT2D eigenvalue weighted by Gasteiger charge is -2.40. The number of alkyl halides is 2. The van der Waals surface area contributed by atoms with Crippen LogP contribution in [-0.2, 0) is 19.6 Å². The van der Waals surface area contributed by atoms with Crippen molar-refractivity contribution in [3.8, 4) is 11.8 Å². The van der Waals surface area contributed by atoms with Crippen molar-refractivity contribution in [1.82, 2.24) is 0 Å². The number of hydrogen-bond donors (Lipinski definition) is 1. The Morgan fingerprint density at radius 1 is 1.14 bits per heavy atom. The first-order chi connectivity index (χ1) is 12.9. The van der Waals surface area contributed by atoms with Gasteiger partial charge in [-0.25, -0.2) is 4.79 Å². The Morgan fingerprint density at radius 3 is 2.21 bits per heavy atom. The molecule has 0 amide bonds. The predicted molar refractivity (Wildman–Crippen MR) is 110 cm³/mol. The second kappa shape index (κ2) is 7.19. The van der Waals surface area contributed by atoms with Gasteiger partial charge in [-0.15, -0.1) is 0 Å². The summed E-state index contributed by atoms with van der Waals surface area (Å²) in [6, 6.07) is 6.06. The van der Waals surface area contributed by atoms with Gasteiger partial charge in [0, 0.05) is 11.5 Å². The molecule has 0 aromatic heterocycles. The summed E-state index contributed by atoms with van der Waals surface area (Å²) in [6.45, 7) is 14.5. The molecule has 1 aliphatic rings. The number of rotatable bonds is 2. The third kappa shape index (κ3) is 4.40. The fourth-order valence-corrected chi connectivity index (χ4v) is 4.04. The average molecular weight is 425 g/mol. The maximum atomic E-state index is 15.5. The predicted octanol–water partition coefficient (Wildman–Crippen LogP) is 4.93. The second-order valence-electron chi connectivity index (χ2n) is 9.93. The molecule has 1 aromatic carbocycles. The van der Waals surface area contributed by atoms with Crippen molar-refractivity contribution >= 4 is 14.3 Å². The maximum Gasteiger partial charge on any atom is 0.384 e. The van der Waals surface area contributed by atoms with Crippen LogP contribution >= 0.6 is 0 Å². The maximum absolute atomic E-state index is 15.5. The molecule has 0 aliphatic heterocycles. The normalized spacial score (nSPS) is 23.8. The van der Waals surface area contributed by atoms with Crippen LogP contribution in [0.15, 0.2) is 24.3 Å². The molecule has 1 aromatic rings. The summed E-state index contributed by atoms with van der Waals surface area (Å²) in [5, 5.41) is 10.7. The number of fused-ring (bicyclic) bond motifs is 1. The molecule has 0 bridgehead atoms. The highest BCUT2D eigenvalue weighted by Crippen LogP contribution is 2.57. The monoisotopic (exact) mass is 424 g/mol. The van der Waals surface area contributed by atoms with Crippen LogP contribution in [0.4, 0.5) is 8.78 Å². The first kappa shape index (κ1) is 23.5. The van der Waals surface area contributed by atoms with Crippen LogP contribution in [0.3, 0.4) is 0 Å². The highest BCUT2D eigenvalue weighted by molar-refractivity contribution is 6.74. The Labute approximate surface area is 172 Å². The summed E-state index contributed by atoms with van der Waals surface area (Å²) in [7, 11) is -2.60. The van der Waals surface area contributed by atoms with Crippen molar-refractivity contribution in [3.05, 3.63) is 35.4 Å². The average Bonchev–Trinajstić information content (AvgIpc) is 2.69. The summed E-state index contributed by atoms with van der Waals surface area (Å²) in [4.78, 5) is 11.9. The molecule has 2 rings (SSSR count). The third-order valence-electron chi connectivity index (χ3n) is 5.41. The zero-order chi connectivity index (χ0) is 22.5. The lowest BCUT2D eigenvalue weighted by Crippen LogP contribution is -2.49. The Bertz CT molecular complexity index is 856. The summed E-state index contributed by atoms with van der Waals surface area (Å²) in [6.07, 6.45) is -1.66. The molecule has 0 radical (unpaired) electrons. The van der Waals surface area contributed by atoms with Crippen LogP contribution in [-0.4, -0.2) is 30.9 Å². The Hall–Kier alpha value is -1.75. The summed E-state index contributed by atoms with van der Waals surface area (Å²) in [5.41, 5.74) is -3.54. The van der Waals surface area contributed by atoms with Crippen molar-refractivity contribution in [2.75, 3.05) is 0 Å². The van der Waals surface area contributed by atoms with Gasteiger partial charge in [0.2, 0.25) is 5.60 Å². The topological polar surface area (TPSA) is 55.8 Å². The minimum Gasteiger partial charge on any atom is -0.450 e. The first-order valence-electron chi connectivity index (χ1n) is 9.56. The number of aliphatic hydroxyl groups is 1. The van der Waals surface area contributed by atoms with Crippen LogP contribution in [0.25, 0.3) is 0 Å². The van der Waals surface area contributed by atoms with Gasteiger partial charge < -0.3 is 14.3 Å². The van der Waals surface area contributed by atoms with Crippen LogP contribution < -0.4 is 0 Å². The van der Waals surface area contributed by atoms with E-state index in [9.17, 15) is 9.90 Å². The number of esters is 1. The highest BCUT2D eigenvalue weighted by atomic mass is 28.4. The van der Waals surface area contributed by atoms with Crippen molar-refractivity contribution < 1.29 is 27.8 Å². The molecule has 160 valence electrons. The molecule has 1 N–H and O–H groups in total. The second-order valence-corrected chi connectivity index (χ2v) is 14.7. The van der Waals surface area contributed by atoms with E-state index < -0.39 is 37.5 Å². The van der Waals surface area contributed by atoms with Crippen LogP contribution in [0.2, 0.25) is 18.1 Å². The van der Waals surface area contributed by atoms with Crippen molar-refractivity contribution in [2.45, 2.75) is 82.9 Å². The van der Waals surface area contributed by atoms with Gasteiger partial charge in [-0.05, 0) is 50.4 Å². The molecule has 0 saturated heterocycles. The van der Waals surface area contributed by atoms with E-state index in [1.165, 1.54) is 12.1 Å². The fourth-order valence-electron chi connectivity index (χ4n) is 2.82. The van der Waals surface area contributed by atoms with E-state index >= 15 is 8.78 Å². The smallest absolute Gasteiger partial charge is 0.384 e. The molecule has 0 saturated carbocycles. The van der Waals surface area contributed by atoms with Gasteiger partial charge in [0.25, 0.3) is 0 Å². The molecule has 7 heteroatoms. The van der Waals surface area contributed by atoms with Gasteiger partial charge in [0.1, 0.15) is 11.7 Å². The van der Waals surface area contributed by atoms with E-state index in [0.29, 0.717) is 0 Å². The molecule has 2 atom stereocenters. The largest absolute Gasteiger partial charge is 0.450 e. The van der Waals surface area contributed by atoms with Crippen LogP contribution in [0.5, 0.6) is 0 Å². The summed E-state index contributed by atoms with van der Waals surface area (Å²) < 4.78 is 42.2. The SMILES string of the molecule is CC(C)(C)OC(=O)C#C[C@]1(O)c2ccccc2[C@@H](O[Si](C)(C)C(C)(C)C)C1(F)F. The summed E-state index contributed by atoms with van der Waals surface area (Å²) >= 11 is 0. The zero-order valence-corrected chi connectivity index (χ0v) is 19.3. The van der Waals surface area contributed by atoms with E-state index in [1.54, 1.807) is 32.9 Å². The lowest BCUT2D eigenvalue weighted by molar-refractivity contribution is -0.193. The van der Waals surface area contributed by atoms with E-state index in [2.05, 4.69) is 5.92 Å². The Balaban J connectivity index is 2.53. The van der Waals surface area contributed by atoms with E-state index in [4.69, 9.17) is 9.16 Å². The molecular formula is C22H30F2O4Si.